The molecule has 0 N–H and O–H groups in total. The molecule has 2 aromatic heterocycles. The van der Waals surface area contributed by atoms with Crippen molar-refractivity contribution in [1.29, 1.82) is 0 Å². The predicted molar refractivity (Wildman–Crippen MR) is 110 cm³/mol. The first-order chi connectivity index (χ1) is 13.0. The molecule has 3 heterocycles. The highest BCUT2D eigenvalue weighted by atomic mass is 32.1. The van der Waals surface area contributed by atoms with Crippen LogP contribution >= 0.6 is 11.3 Å². The molecular formula is C22H25N3OS. The van der Waals surface area contributed by atoms with Crippen LogP contribution in [0.5, 0.6) is 0 Å². The Kier molecular flexibility index (Phi) is 4.87. The van der Waals surface area contributed by atoms with E-state index in [9.17, 15) is 4.79 Å². The average Bonchev–Trinajstić information content (AvgIpc) is 3.29. The summed E-state index contributed by atoms with van der Waals surface area (Å²) in [5.74, 6) is 0.506. The van der Waals surface area contributed by atoms with Crippen LogP contribution in [0.1, 0.15) is 51.1 Å². The zero-order valence-electron chi connectivity index (χ0n) is 16.1. The largest absolute Gasteiger partial charge is 0.338 e. The number of aryl methyl sites for hydroxylation is 2. The van der Waals surface area contributed by atoms with Crippen molar-refractivity contribution in [2.75, 3.05) is 13.1 Å². The fourth-order valence-corrected chi connectivity index (χ4v) is 4.88. The van der Waals surface area contributed by atoms with Crippen molar-refractivity contribution >= 4 is 17.2 Å². The first kappa shape index (κ1) is 18.0. The van der Waals surface area contributed by atoms with E-state index in [1.54, 1.807) is 11.3 Å². The van der Waals surface area contributed by atoms with Gasteiger partial charge in [-0.3, -0.25) is 4.79 Å². The molecule has 1 aromatic carbocycles. The summed E-state index contributed by atoms with van der Waals surface area (Å²) in [6, 6.07) is 10.5. The Hall–Kier alpha value is -2.40. The van der Waals surface area contributed by atoms with Crippen molar-refractivity contribution < 1.29 is 4.79 Å². The minimum atomic E-state index is 0.142. The normalized spacial score (nSPS) is 17.3. The van der Waals surface area contributed by atoms with E-state index in [4.69, 9.17) is 0 Å². The van der Waals surface area contributed by atoms with Crippen molar-refractivity contribution in [3.05, 3.63) is 69.4 Å². The number of likely N-dealkylation sites (tertiary alicyclic amines) is 1. The predicted octanol–water partition coefficient (Wildman–Crippen LogP) is 4.88. The molecular weight excluding hydrogens is 354 g/mol. The van der Waals surface area contributed by atoms with Crippen LogP contribution in [0.4, 0.5) is 0 Å². The molecule has 1 aliphatic heterocycles. The number of nitrogens with zero attached hydrogens (tertiary/aromatic N) is 3. The second kappa shape index (κ2) is 7.31. The van der Waals surface area contributed by atoms with Gasteiger partial charge in [0.1, 0.15) is 0 Å². The Morgan fingerprint density at radius 3 is 2.81 bits per heavy atom. The second-order valence-electron chi connectivity index (χ2n) is 7.42. The van der Waals surface area contributed by atoms with E-state index < -0.39 is 0 Å². The van der Waals surface area contributed by atoms with Crippen LogP contribution in [0.2, 0.25) is 0 Å². The van der Waals surface area contributed by atoms with Gasteiger partial charge >= 0.3 is 0 Å². The summed E-state index contributed by atoms with van der Waals surface area (Å²) in [6.45, 7) is 7.80. The zero-order valence-corrected chi connectivity index (χ0v) is 16.9. The highest BCUT2D eigenvalue weighted by Gasteiger charge is 2.28. The number of aromatic nitrogens is 2. The van der Waals surface area contributed by atoms with Gasteiger partial charge in [0.2, 0.25) is 0 Å². The van der Waals surface area contributed by atoms with Gasteiger partial charge in [0.15, 0.2) is 0 Å². The molecule has 1 unspecified atom stereocenters. The van der Waals surface area contributed by atoms with Gasteiger partial charge in [-0.1, -0.05) is 12.1 Å². The highest BCUT2D eigenvalue weighted by molar-refractivity contribution is 7.09. The monoisotopic (exact) mass is 379 g/mol. The maximum absolute atomic E-state index is 13.3. The van der Waals surface area contributed by atoms with Crippen molar-refractivity contribution in [2.45, 2.75) is 39.5 Å². The number of amides is 1. The highest BCUT2D eigenvalue weighted by Crippen LogP contribution is 2.30. The topological polar surface area (TPSA) is 38.1 Å². The first-order valence-electron chi connectivity index (χ1n) is 9.49. The number of carbonyl (C=O) groups excluding carboxylic acids is 1. The Bertz CT molecular complexity index is 958. The van der Waals surface area contributed by atoms with Gasteiger partial charge in [-0.2, -0.15) is 0 Å². The minimum absolute atomic E-state index is 0.142. The van der Waals surface area contributed by atoms with Gasteiger partial charge in [0.25, 0.3) is 5.91 Å². The lowest BCUT2D eigenvalue weighted by Gasteiger charge is -2.32. The van der Waals surface area contributed by atoms with Gasteiger partial charge in [-0.25, -0.2) is 4.98 Å². The molecule has 27 heavy (non-hydrogen) atoms. The Morgan fingerprint density at radius 1 is 1.22 bits per heavy atom. The van der Waals surface area contributed by atoms with Crippen molar-refractivity contribution in [3.8, 4) is 5.69 Å². The van der Waals surface area contributed by atoms with Gasteiger partial charge < -0.3 is 9.47 Å². The molecule has 0 saturated carbocycles. The maximum atomic E-state index is 13.3. The number of thiazole rings is 1. The summed E-state index contributed by atoms with van der Waals surface area (Å²) in [7, 11) is 0. The molecule has 0 aliphatic carbocycles. The molecule has 140 valence electrons. The lowest BCUT2D eigenvalue weighted by atomic mass is 9.98. The number of piperidine rings is 1. The van der Waals surface area contributed by atoms with Crippen LogP contribution in [0.25, 0.3) is 5.69 Å². The second-order valence-corrected chi connectivity index (χ2v) is 8.35. The van der Waals surface area contributed by atoms with E-state index in [0.717, 1.165) is 53.6 Å². The van der Waals surface area contributed by atoms with E-state index in [2.05, 4.69) is 47.7 Å². The molecule has 1 fully saturated rings. The third kappa shape index (κ3) is 3.44. The number of rotatable bonds is 3. The molecule has 1 atom stereocenters. The lowest BCUT2D eigenvalue weighted by Crippen LogP contribution is -2.39. The molecule has 3 aromatic rings. The summed E-state index contributed by atoms with van der Waals surface area (Å²) in [5, 5.41) is 3.17. The fraction of sp³-hybridized carbons (Fsp3) is 0.364. The van der Waals surface area contributed by atoms with E-state index in [0.29, 0.717) is 5.92 Å². The lowest BCUT2D eigenvalue weighted by molar-refractivity contribution is 0.0706. The summed E-state index contributed by atoms with van der Waals surface area (Å²) in [5.41, 5.74) is 5.25. The fourth-order valence-electron chi connectivity index (χ4n) is 4.11. The third-order valence-electron chi connectivity index (χ3n) is 5.43. The quantitative estimate of drug-likeness (QED) is 0.650. The molecule has 1 saturated heterocycles. The molecule has 0 radical (unpaired) electrons. The van der Waals surface area contributed by atoms with Gasteiger partial charge in [-0.15, -0.1) is 11.3 Å². The van der Waals surface area contributed by atoms with Crippen molar-refractivity contribution in [2.24, 2.45) is 0 Å². The van der Waals surface area contributed by atoms with Gasteiger partial charge in [0.05, 0.1) is 10.6 Å². The Morgan fingerprint density at radius 2 is 2.07 bits per heavy atom. The standard InChI is InChI=1S/C22H25N3OS/c1-15-6-4-8-19(12-15)25-16(2)13-20(17(25)3)22(26)24-10-5-7-18(14-24)21-23-9-11-27-21/h4,6,8-9,11-13,18H,5,7,10,14H2,1-3H3. The van der Waals surface area contributed by atoms with E-state index in [-0.39, 0.29) is 5.91 Å². The average molecular weight is 380 g/mol. The Labute approximate surface area is 164 Å². The summed E-state index contributed by atoms with van der Waals surface area (Å²) < 4.78 is 2.18. The molecule has 0 bridgehead atoms. The molecule has 1 amide bonds. The summed E-state index contributed by atoms with van der Waals surface area (Å²) >= 11 is 1.69. The summed E-state index contributed by atoms with van der Waals surface area (Å²) in [6.07, 6.45) is 4.00. The van der Waals surface area contributed by atoms with E-state index in [1.807, 2.05) is 29.5 Å². The first-order valence-corrected chi connectivity index (χ1v) is 10.4. The van der Waals surface area contributed by atoms with E-state index >= 15 is 0 Å². The number of benzene rings is 1. The number of carbonyl (C=O) groups is 1. The van der Waals surface area contributed by atoms with Crippen LogP contribution < -0.4 is 0 Å². The van der Waals surface area contributed by atoms with Gasteiger partial charge in [0, 0.05) is 47.7 Å². The van der Waals surface area contributed by atoms with Crippen LogP contribution in [-0.4, -0.2) is 33.4 Å². The zero-order chi connectivity index (χ0) is 19.0. The Balaban J connectivity index is 1.62. The smallest absolute Gasteiger partial charge is 0.255 e. The number of hydrogen-bond donors (Lipinski definition) is 0. The SMILES string of the molecule is Cc1cccc(-n2c(C)cc(C(=O)N3CCCC(c4nccs4)C3)c2C)c1. The van der Waals surface area contributed by atoms with Crippen LogP contribution in [0, 0.1) is 20.8 Å². The molecule has 4 rings (SSSR count). The summed E-state index contributed by atoms with van der Waals surface area (Å²) in [4.78, 5) is 19.8. The van der Waals surface area contributed by atoms with Crippen LogP contribution in [0.3, 0.4) is 0 Å². The molecule has 1 aliphatic rings. The van der Waals surface area contributed by atoms with Crippen molar-refractivity contribution in [1.82, 2.24) is 14.5 Å². The molecule has 4 nitrogen and oxygen atoms in total. The van der Waals surface area contributed by atoms with Crippen LogP contribution in [0.15, 0.2) is 41.9 Å². The third-order valence-corrected chi connectivity index (χ3v) is 6.37. The van der Waals surface area contributed by atoms with Crippen molar-refractivity contribution in [3.63, 3.8) is 0 Å². The maximum Gasteiger partial charge on any atom is 0.255 e. The van der Waals surface area contributed by atoms with Crippen LogP contribution in [-0.2, 0) is 0 Å². The van der Waals surface area contributed by atoms with Gasteiger partial charge in [-0.05, 0) is 57.4 Å². The molecule has 0 spiro atoms. The minimum Gasteiger partial charge on any atom is -0.338 e. The molecule has 5 heteroatoms. The number of hydrogen-bond acceptors (Lipinski definition) is 3. The van der Waals surface area contributed by atoms with E-state index in [1.165, 1.54) is 5.56 Å².